The van der Waals surface area contributed by atoms with Crippen LogP contribution in [0.15, 0.2) is 18.2 Å². The number of aromatic hydroxyl groups is 2. The Balaban J connectivity index is 1.82. The van der Waals surface area contributed by atoms with E-state index in [2.05, 4.69) is 24.1 Å². The van der Waals surface area contributed by atoms with Crippen LogP contribution in [0, 0.1) is 11.8 Å². The van der Waals surface area contributed by atoms with Crippen LogP contribution >= 0.6 is 0 Å². The Morgan fingerprint density at radius 3 is 2.79 bits per heavy atom. The lowest BCUT2D eigenvalue weighted by Crippen LogP contribution is -2.35. The van der Waals surface area contributed by atoms with Gasteiger partial charge in [-0.15, -0.1) is 0 Å². The van der Waals surface area contributed by atoms with E-state index in [0.29, 0.717) is 6.04 Å². The van der Waals surface area contributed by atoms with Gasteiger partial charge in [-0.3, -0.25) is 4.90 Å². The van der Waals surface area contributed by atoms with Crippen molar-refractivity contribution in [2.75, 3.05) is 19.6 Å². The second-order valence-electron chi connectivity index (χ2n) is 5.94. The number of hydrogen-bond donors (Lipinski definition) is 3. The number of fused-ring (bicyclic) bond motifs is 1. The number of phenolic OH excluding ortho intramolecular Hbond substituents is 2. The van der Waals surface area contributed by atoms with Crippen molar-refractivity contribution >= 4 is 0 Å². The standard InChI is InChI=1S/C15H22N2O2/c1-9(13-4-3-12(18)5-15(13)19)17-8-11-6-16-7-14(11)10(17)2/h3-5,9-11,14,16,18-19H,6-8H2,1-2H3. The molecular formula is C15H22N2O2. The fourth-order valence-electron chi connectivity index (χ4n) is 3.78. The number of benzene rings is 1. The molecule has 2 saturated heterocycles. The zero-order valence-electron chi connectivity index (χ0n) is 11.5. The Labute approximate surface area is 114 Å². The second kappa shape index (κ2) is 4.69. The molecule has 3 N–H and O–H groups in total. The summed E-state index contributed by atoms with van der Waals surface area (Å²) in [5.41, 5.74) is 0.901. The van der Waals surface area contributed by atoms with Gasteiger partial charge in [0.15, 0.2) is 0 Å². The summed E-state index contributed by atoms with van der Waals surface area (Å²) in [4.78, 5) is 2.47. The quantitative estimate of drug-likeness (QED) is 0.759. The number of rotatable bonds is 2. The van der Waals surface area contributed by atoms with Crippen LogP contribution in [-0.4, -0.2) is 40.8 Å². The molecule has 4 nitrogen and oxygen atoms in total. The van der Waals surface area contributed by atoms with E-state index in [0.717, 1.165) is 37.0 Å². The molecule has 2 fully saturated rings. The number of hydrogen-bond acceptors (Lipinski definition) is 4. The predicted molar refractivity (Wildman–Crippen MR) is 74.2 cm³/mol. The predicted octanol–water partition coefficient (Wildman–Crippen LogP) is 1.70. The van der Waals surface area contributed by atoms with Gasteiger partial charge in [0, 0.05) is 30.3 Å². The van der Waals surface area contributed by atoms with Gasteiger partial charge in [0.25, 0.3) is 0 Å². The van der Waals surface area contributed by atoms with E-state index < -0.39 is 0 Å². The van der Waals surface area contributed by atoms with Crippen LogP contribution in [-0.2, 0) is 0 Å². The van der Waals surface area contributed by atoms with Crippen molar-refractivity contribution < 1.29 is 10.2 Å². The molecule has 1 aromatic rings. The van der Waals surface area contributed by atoms with E-state index in [1.807, 2.05) is 6.07 Å². The van der Waals surface area contributed by atoms with Gasteiger partial charge >= 0.3 is 0 Å². The van der Waals surface area contributed by atoms with Crippen LogP contribution in [0.1, 0.15) is 25.5 Å². The van der Waals surface area contributed by atoms with Crippen LogP contribution in [0.25, 0.3) is 0 Å². The molecule has 19 heavy (non-hydrogen) atoms. The summed E-state index contributed by atoms with van der Waals surface area (Å²) in [5, 5.41) is 22.9. The molecule has 0 radical (unpaired) electrons. The summed E-state index contributed by atoms with van der Waals surface area (Å²) in [7, 11) is 0. The highest BCUT2D eigenvalue weighted by Gasteiger charge is 2.43. The fourth-order valence-corrected chi connectivity index (χ4v) is 3.78. The molecule has 0 amide bonds. The molecule has 0 aromatic heterocycles. The Hall–Kier alpha value is -1.26. The molecular weight excluding hydrogens is 240 g/mol. The van der Waals surface area contributed by atoms with Crippen molar-refractivity contribution in [3.8, 4) is 11.5 Å². The van der Waals surface area contributed by atoms with Crippen molar-refractivity contribution in [3.63, 3.8) is 0 Å². The topological polar surface area (TPSA) is 55.7 Å². The zero-order chi connectivity index (χ0) is 13.6. The van der Waals surface area contributed by atoms with Crippen LogP contribution in [0.3, 0.4) is 0 Å². The lowest BCUT2D eigenvalue weighted by molar-refractivity contribution is 0.179. The minimum absolute atomic E-state index is 0.115. The van der Waals surface area contributed by atoms with Gasteiger partial charge in [-0.2, -0.15) is 0 Å². The number of nitrogens with zero attached hydrogens (tertiary/aromatic N) is 1. The zero-order valence-corrected chi connectivity index (χ0v) is 11.5. The molecule has 0 saturated carbocycles. The fraction of sp³-hybridized carbons (Fsp3) is 0.600. The minimum atomic E-state index is 0.115. The Morgan fingerprint density at radius 1 is 1.32 bits per heavy atom. The molecule has 0 spiro atoms. The van der Waals surface area contributed by atoms with Gasteiger partial charge in [-0.05, 0) is 44.8 Å². The molecule has 4 unspecified atom stereocenters. The van der Waals surface area contributed by atoms with E-state index in [-0.39, 0.29) is 17.5 Å². The third-order valence-corrected chi connectivity index (χ3v) is 4.94. The van der Waals surface area contributed by atoms with E-state index >= 15 is 0 Å². The summed E-state index contributed by atoms with van der Waals surface area (Å²) in [5.74, 6) is 1.76. The SMILES string of the molecule is CC(c1ccc(O)cc1O)N1CC2CNCC2C1C. The Kier molecular flexibility index (Phi) is 3.15. The second-order valence-corrected chi connectivity index (χ2v) is 5.94. The van der Waals surface area contributed by atoms with Gasteiger partial charge in [0.2, 0.25) is 0 Å². The highest BCUT2D eigenvalue weighted by Crippen LogP contribution is 2.40. The summed E-state index contributed by atoms with van der Waals surface area (Å²) >= 11 is 0. The first-order valence-electron chi connectivity index (χ1n) is 7.06. The smallest absolute Gasteiger partial charge is 0.124 e. The molecule has 4 heteroatoms. The molecule has 3 rings (SSSR count). The first kappa shape index (κ1) is 12.8. The van der Waals surface area contributed by atoms with E-state index in [1.54, 1.807) is 6.07 Å². The van der Waals surface area contributed by atoms with E-state index in [1.165, 1.54) is 6.07 Å². The van der Waals surface area contributed by atoms with E-state index in [4.69, 9.17) is 0 Å². The average Bonchev–Trinajstić information content (AvgIpc) is 2.92. The van der Waals surface area contributed by atoms with Crippen LogP contribution in [0.4, 0.5) is 0 Å². The van der Waals surface area contributed by atoms with Crippen LogP contribution in [0.2, 0.25) is 0 Å². The van der Waals surface area contributed by atoms with Gasteiger partial charge < -0.3 is 15.5 Å². The Bertz CT molecular complexity index is 477. The van der Waals surface area contributed by atoms with Gasteiger partial charge in [0.1, 0.15) is 11.5 Å². The van der Waals surface area contributed by atoms with Gasteiger partial charge in [-0.25, -0.2) is 0 Å². The van der Waals surface area contributed by atoms with Gasteiger partial charge in [-0.1, -0.05) is 6.07 Å². The minimum Gasteiger partial charge on any atom is -0.508 e. The number of phenols is 2. The maximum absolute atomic E-state index is 10.0. The molecule has 104 valence electrons. The van der Waals surface area contributed by atoms with Gasteiger partial charge in [0.05, 0.1) is 0 Å². The maximum Gasteiger partial charge on any atom is 0.124 e. The highest BCUT2D eigenvalue weighted by molar-refractivity contribution is 5.40. The summed E-state index contributed by atoms with van der Waals surface area (Å²) in [6.07, 6.45) is 0. The molecule has 4 atom stereocenters. The number of likely N-dealkylation sites (tertiary alicyclic amines) is 1. The Morgan fingerprint density at radius 2 is 2.11 bits per heavy atom. The largest absolute Gasteiger partial charge is 0.508 e. The molecule has 0 aliphatic carbocycles. The molecule has 2 aliphatic heterocycles. The monoisotopic (exact) mass is 262 g/mol. The molecule has 1 aromatic carbocycles. The van der Waals surface area contributed by atoms with Crippen molar-refractivity contribution in [2.45, 2.75) is 25.9 Å². The highest BCUT2D eigenvalue weighted by atomic mass is 16.3. The third kappa shape index (κ3) is 2.09. The molecule has 2 aliphatic rings. The summed E-state index contributed by atoms with van der Waals surface area (Å²) < 4.78 is 0. The molecule has 0 bridgehead atoms. The lowest BCUT2D eigenvalue weighted by Gasteiger charge is -2.31. The summed E-state index contributed by atoms with van der Waals surface area (Å²) in [6, 6.07) is 5.61. The van der Waals surface area contributed by atoms with Crippen molar-refractivity contribution in [3.05, 3.63) is 23.8 Å². The van der Waals surface area contributed by atoms with Crippen molar-refractivity contribution in [1.82, 2.24) is 10.2 Å². The summed E-state index contributed by atoms with van der Waals surface area (Å²) in [6.45, 7) is 7.72. The molecule has 2 heterocycles. The third-order valence-electron chi connectivity index (χ3n) is 4.94. The maximum atomic E-state index is 10.0. The number of nitrogens with one attached hydrogen (secondary N) is 1. The normalized spacial score (nSPS) is 32.4. The average molecular weight is 262 g/mol. The first-order chi connectivity index (χ1) is 9.08. The first-order valence-corrected chi connectivity index (χ1v) is 7.06. The van der Waals surface area contributed by atoms with Crippen LogP contribution in [0.5, 0.6) is 11.5 Å². The van der Waals surface area contributed by atoms with Crippen molar-refractivity contribution in [2.24, 2.45) is 11.8 Å². The lowest BCUT2D eigenvalue weighted by atomic mass is 9.95. The van der Waals surface area contributed by atoms with Crippen molar-refractivity contribution in [1.29, 1.82) is 0 Å². The van der Waals surface area contributed by atoms with Crippen LogP contribution < -0.4 is 5.32 Å². The van der Waals surface area contributed by atoms with E-state index in [9.17, 15) is 10.2 Å².